The summed E-state index contributed by atoms with van der Waals surface area (Å²) in [5.74, 6) is 0.842. The zero-order chi connectivity index (χ0) is 20.6. The number of para-hydroxylation sites is 1. The highest BCUT2D eigenvalue weighted by Crippen LogP contribution is 2.17. The summed E-state index contributed by atoms with van der Waals surface area (Å²) < 4.78 is 5.72. The molecule has 0 aromatic heterocycles. The number of amides is 2. The molecule has 6 nitrogen and oxygen atoms in total. The smallest absolute Gasteiger partial charge is 0.253 e. The number of rotatable bonds is 7. The lowest BCUT2D eigenvalue weighted by Crippen LogP contribution is -2.47. The largest absolute Gasteiger partial charge is 0.493 e. The zero-order valence-corrected chi connectivity index (χ0v) is 17.2. The summed E-state index contributed by atoms with van der Waals surface area (Å²) in [6, 6.07) is 15.0. The molecule has 1 aliphatic heterocycles. The monoisotopic (exact) mass is 395 g/mol. The number of hydrogen-bond donors (Lipinski definition) is 1. The van der Waals surface area contributed by atoms with Gasteiger partial charge in [0.15, 0.2) is 0 Å². The lowest BCUT2D eigenvalue weighted by Gasteiger charge is -2.32. The van der Waals surface area contributed by atoms with Gasteiger partial charge in [-0.25, -0.2) is 0 Å². The minimum Gasteiger partial charge on any atom is -0.493 e. The van der Waals surface area contributed by atoms with Crippen LogP contribution < -0.4 is 10.1 Å². The average molecular weight is 396 g/mol. The molecule has 1 heterocycles. The number of nitrogens with one attached hydrogen (secondary N) is 1. The predicted molar refractivity (Wildman–Crippen MR) is 114 cm³/mol. The van der Waals surface area contributed by atoms with E-state index in [1.807, 2.05) is 36.1 Å². The zero-order valence-electron chi connectivity index (χ0n) is 17.2. The van der Waals surface area contributed by atoms with Crippen molar-refractivity contribution in [2.45, 2.75) is 19.8 Å². The van der Waals surface area contributed by atoms with E-state index >= 15 is 0 Å². The number of ether oxygens (including phenoxy) is 1. The first-order chi connectivity index (χ1) is 14.0. The SMILES string of the molecule is Cc1ccccc1OCCCC(=O)Nc1ccc(C(=O)N2CCN(C)CC2)cc1. The van der Waals surface area contributed by atoms with Crippen LogP contribution in [0.25, 0.3) is 0 Å². The second kappa shape index (κ2) is 10.1. The van der Waals surface area contributed by atoms with Crippen molar-refractivity contribution in [3.05, 3.63) is 59.7 Å². The van der Waals surface area contributed by atoms with E-state index in [1.165, 1.54) is 0 Å². The fourth-order valence-corrected chi connectivity index (χ4v) is 3.24. The summed E-state index contributed by atoms with van der Waals surface area (Å²) in [5.41, 5.74) is 2.44. The van der Waals surface area contributed by atoms with Gasteiger partial charge in [0.2, 0.25) is 5.91 Å². The Hall–Kier alpha value is -2.86. The molecule has 0 aliphatic carbocycles. The highest BCUT2D eigenvalue weighted by atomic mass is 16.5. The van der Waals surface area contributed by atoms with E-state index in [0.717, 1.165) is 37.5 Å². The van der Waals surface area contributed by atoms with Crippen LogP contribution in [0.4, 0.5) is 5.69 Å². The number of hydrogen-bond acceptors (Lipinski definition) is 4. The molecule has 1 N–H and O–H groups in total. The number of likely N-dealkylation sites (N-methyl/N-ethyl adjacent to an activating group) is 1. The van der Waals surface area contributed by atoms with Gasteiger partial charge in [0.1, 0.15) is 5.75 Å². The van der Waals surface area contributed by atoms with Gasteiger partial charge in [-0.3, -0.25) is 9.59 Å². The van der Waals surface area contributed by atoms with Crippen molar-refractivity contribution < 1.29 is 14.3 Å². The molecule has 0 radical (unpaired) electrons. The third-order valence-electron chi connectivity index (χ3n) is 5.11. The van der Waals surface area contributed by atoms with E-state index in [9.17, 15) is 9.59 Å². The van der Waals surface area contributed by atoms with Crippen molar-refractivity contribution in [1.82, 2.24) is 9.80 Å². The molecule has 1 fully saturated rings. The fraction of sp³-hybridized carbons (Fsp3) is 0.391. The normalized spacial score (nSPS) is 14.5. The number of carbonyl (C=O) groups is 2. The number of benzene rings is 2. The number of piperazine rings is 1. The number of carbonyl (C=O) groups excluding carboxylic acids is 2. The predicted octanol–water partition coefficient (Wildman–Crippen LogP) is 3.18. The van der Waals surface area contributed by atoms with E-state index in [1.54, 1.807) is 24.3 Å². The molecule has 0 spiro atoms. The van der Waals surface area contributed by atoms with E-state index in [4.69, 9.17) is 4.74 Å². The van der Waals surface area contributed by atoms with Crippen LogP contribution in [0.1, 0.15) is 28.8 Å². The van der Waals surface area contributed by atoms with Crippen molar-refractivity contribution in [1.29, 1.82) is 0 Å². The highest BCUT2D eigenvalue weighted by Gasteiger charge is 2.20. The molecule has 0 saturated carbocycles. The van der Waals surface area contributed by atoms with Gasteiger partial charge in [-0.2, -0.15) is 0 Å². The molecule has 2 aromatic rings. The topological polar surface area (TPSA) is 61.9 Å². The van der Waals surface area contributed by atoms with Crippen molar-refractivity contribution in [3.63, 3.8) is 0 Å². The first kappa shape index (κ1) is 20.9. The van der Waals surface area contributed by atoms with Gasteiger partial charge < -0.3 is 19.9 Å². The van der Waals surface area contributed by atoms with E-state index in [0.29, 0.717) is 30.7 Å². The molecule has 0 atom stereocenters. The summed E-state index contributed by atoms with van der Waals surface area (Å²) in [7, 11) is 2.06. The van der Waals surface area contributed by atoms with E-state index in [-0.39, 0.29) is 11.8 Å². The van der Waals surface area contributed by atoms with Crippen molar-refractivity contribution >= 4 is 17.5 Å². The van der Waals surface area contributed by atoms with Gasteiger partial charge in [-0.1, -0.05) is 18.2 Å². The number of nitrogens with zero attached hydrogens (tertiary/aromatic N) is 2. The number of aryl methyl sites for hydroxylation is 1. The van der Waals surface area contributed by atoms with Crippen LogP contribution in [-0.2, 0) is 4.79 Å². The summed E-state index contributed by atoms with van der Waals surface area (Å²) in [5, 5.41) is 2.88. The molecular weight excluding hydrogens is 366 g/mol. The first-order valence-electron chi connectivity index (χ1n) is 10.1. The van der Waals surface area contributed by atoms with Crippen LogP contribution in [0.3, 0.4) is 0 Å². The van der Waals surface area contributed by atoms with Crippen molar-refractivity contribution in [2.24, 2.45) is 0 Å². The van der Waals surface area contributed by atoms with Gasteiger partial charge in [-0.05, 0) is 56.3 Å². The van der Waals surface area contributed by atoms with Crippen molar-refractivity contribution in [3.8, 4) is 5.75 Å². The molecule has 0 bridgehead atoms. The molecule has 3 rings (SSSR count). The Morgan fingerprint density at radius 3 is 2.38 bits per heavy atom. The Morgan fingerprint density at radius 1 is 1.00 bits per heavy atom. The summed E-state index contributed by atoms with van der Waals surface area (Å²) in [4.78, 5) is 28.8. The van der Waals surface area contributed by atoms with E-state index < -0.39 is 0 Å². The molecular formula is C23H29N3O3. The minimum atomic E-state index is -0.0588. The second-order valence-electron chi connectivity index (χ2n) is 7.44. The summed E-state index contributed by atoms with van der Waals surface area (Å²) in [6.45, 7) is 5.79. The highest BCUT2D eigenvalue weighted by molar-refractivity contribution is 5.95. The Kier molecular flexibility index (Phi) is 7.25. The average Bonchev–Trinajstić information content (AvgIpc) is 2.73. The third-order valence-corrected chi connectivity index (χ3v) is 5.11. The molecule has 29 heavy (non-hydrogen) atoms. The Bertz CT molecular complexity index is 828. The molecule has 2 amide bonds. The molecule has 1 saturated heterocycles. The van der Waals surface area contributed by atoms with Gasteiger partial charge in [0, 0.05) is 43.9 Å². The van der Waals surface area contributed by atoms with Crippen LogP contribution >= 0.6 is 0 Å². The molecule has 2 aromatic carbocycles. The maximum Gasteiger partial charge on any atom is 0.253 e. The lowest BCUT2D eigenvalue weighted by atomic mass is 10.1. The van der Waals surface area contributed by atoms with Gasteiger partial charge >= 0.3 is 0 Å². The van der Waals surface area contributed by atoms with Crippen LogP contribution in [0, 0.1) is 6.92 Å². The fourth-order valence-electron chi connectivity index (χ4n) is 3.24. The molecule has 6 heteroatoms. The van der Waals surface area contributed by atoms with Crippen LogP contribution in [0.15, 0.2) is 48.5 Å². The van der Waals surface area contributed by atoms with Gasteiger partial charge in [0.05, 0.1) is 6.61 Å². The van der Waals surface area contributed by atoms with Crippen LogP contribution in [0.5, 0.6) is 5.75 Å². The maximum absolute atomic E-state index is 12.6. The lowest BCUT2D eigenvalue weighted by molar-refractivity contribution is -0.116. The van der Waals surface area contributed by atoms with Crippen LogP contribution in [-0.4, -0.2) is 61.4 Å². The Balaban J connectivity index is 1.41. The standard InChI is InChI=1S/C23H29N3O3/c1-18-6-3-4-7-21(18)29-17-5-8-22(27)24-20-11-9-19(10-12-20)23(28)26-15-13-25(2)14-16-26/h3-4,6-7,9-12H,5,8,13-17H2,1-2H3,(H,24,27). The summed E-state index contributed by atoms with van der Waals surface area (Å²) >= 11 is 0. The van der Waals surface area contributed by atoms with E-state index in [2.05, 4.69) is 17.3 Å². The molecule has 0 unspecified atom stereocenters. The summed E-state index contributed by atoms with van der Waals surface area (Å²) in [6.07, 6.45) is 1.02. The second-order valence-corrected chi connectivity index (χ2v) is 7.44. The molecule has 1 aliphatic rings. The quantitative estimate of drug-likeness (QED) is 0.732. The Labute approximate surface area is 172 Å². The minimum absolute atomic E-state index is 0.0457. The van der Waals surface area contributed by atoms with Crippen molar-refractivity contribution in [2.75, 3.05) is 45.2 Å². The third kappa shape index (κ3) is 6.06. The maximum atomic E-state index is 12.6. The first-order valence-corrected chi connectivity index (χ1v) is 10.1. The van der Waals surface area contributed by atoms with Crippen LogP contribution in [0.2, 0.25) is 0 Å². The molecule has 154 valence electrons. The number of anilines is 1. The Morgan fingerprint density at radius 2 is 1.69 bits per heavy atom. The van der Waals surface area contributed by atoms with Gasteiger partial charge in [0.25, 0.3) is 5.91 Å². The van der Waals surface area contributed by atoms with Gasteiger partial charge in [-0.15, -0.1) is 0 Å².